The monoisotopic (exact) mass is 279 g/mol. The Morgan fingerprint density at radius 3 is 2.33 bits per heavy atom. The SMILES string of the molecule is CC(CNC(=O)N[C@H](CC(N)=O)C(=O)O)S(C)=O. The van der Waals surface area contributed by atoms with Crippen molar-refractivity contribution in [3.8, 4) is 0 Å². The summed E-state index contributed by atoms with van der Waals surface area (Å²) in [5.41, 5.74) is 4.85. The lowest BCUT2D eigenvalue weighted by molar-refractivity contribution is -0.140. The molecule has 0 aromatic carbocycles. The van der Waals surface area contributed by atoms with Crippen LogP contribution in [0.5, 0.6) is 0 Å². The zero-order valence-electron chi connectivity index (χ0n) is 10.1. The molecule has 0 aliphatic carbocycles. The Bertz CT molecular complexity index is 360. The highest BCUT2D eigenvalue weighted by atomic mass is 32.2. The maximum absolute atomic E-state index is 11.3. The first-order valence-corrected chi connectivity index (χ1v) is 6.73. The van der Waals surface area contributed by atoms with Gasteiger partial charge in [-0.25, -0.2) is 9.59 Å². The van der Waals surface area contributed by atoms with Crippen molar-refractivity contribution in [2.24, 2.45) is 5.73 Å². The number of hydrogen-bond acceptors (Lipinski definition) is 4. The fourth-order valence-corrected chi connectivity index (χ4v) is 1.28. The number of carbonyl (C=O) groups is 3. The van der Waals surface area contributed by atoms with Crippen molar-refractivity contribution in [2.45, 2.75) is 24.6 Å². The molecule has 0 saturated heterocycles. The Morgan fingerprint density at radius 2 is 1.94 bits per heavy atom. The van der Waals surface area contributed by atoms with Crippen LogP contribution in [0.4, 0.5) is 4.79 Å². The van der Waals surface area contributed by atoms with E-state index in [0.717, 1.165) is 0 Å². The summed E-state index contributed by atoms with van der Waals surface area (Å²) in [4.78, 5) is 32.6. The number of primary amides is 1. The average molecular weight is 279 g/mol. The molecule has 0 radical (unpaired) electrons. The smallest absolute Gasteiger partial charge is 0.326 e. The molecule has 3 atom stereocenters. The molecule has 9 heteroatoms. The molecule has 0 spiro atoms. The largest absolute Gasteiger partial charge is 0.480 e. The molecular formula is C9H17N3O5S. The molecule has 0 bridgehead atoms. The van der Waals surface area contributed by atoms with Gasteiger partial charge in [0.1, 0.15) is 6.04 Å². The Kier molecular flexibility index (Phi) is 6.94. The normalized spacial score (nSPS) is 15.2. The summed E-state index contributed by atoms with van der Waals surface area (Å²) < 4.78 is 11.0. The van der Waals surface area contributed by atoms with Crippen LogP contribution in [0.3, 0.4) is 0 Å². The number of aliphatic carboxylic acids is 1. The van der Waals surface area contributed by atoms with Gasteiger partial charge in [-0.05, 0) is 6.92 Å². The molecule has 0 aromatic heterocycles. The molecule has 104 valence electrons. The van der Waals surface area contributed by atoms with Crippen LogP contribution in [-0.2, 0) is 20.4 Å². The highest BCUT2D eigenvalue weighted by Crippen LogP contribution is 1.93. The fraction of sp³-hybridized carbons (Fsp3) is 0.667. The van der Waals surface area contributed by atoms with Crippen LogP contribution < -0.4 is 16.4 Å². The van der Waals surface area contributed by atoms with Gasteiger partial charge in [-0.3, -0.25) is 9.00 Å². The van der Waals surface area contributed by atoms with Crippen LogP contribution >= 0.6 is 0 Å². The number of carboxylic acid groups (broad SMARTS) is 1. The molecule has 2 unspecified atom stereocenters. The summed E-state index contributed by atoms with van der Waals surface area (Å²) in [6, 6.07) is -2.12. The zero-order valence-corrected chi connectivity index (χ0v) is 11.0. The number of nitrogens with two attached hydrogens (primary N) is 1. The second-order valence-corrected chi connectivity index (χ2v) is 5.53. The maximum atomic E-state index is 11.3. The van der Waals surface area contributed by atoms with E-state index >= 15 is 0 Å². The van der Waals surface area contributed by atoms with Crippen LogP contribution in [-0.4, -0.2) is 51.3 Å². The van der Waals surface area contributed by atoms with E-state index in [1.807, 2.05) is 0 Å². The van der Waals surface area contributed by atoms with Gasteiger partial charge in [0, 0.05) is 28.9 Å². The second kappa shape index (κ2) is 7.64. The van der Waals surface area contributed by atoms with Gasteiger partial charge < -0.3 is 21.5 Å². The first kappa shape index (κ1) is 16.4. The Morgan fingerprint density at radius 1 is 1.39 bits per heavy atom. The van der Waals surface area contributed by atoms with Gasteiger partial charge in [0.05, 0.1) is 6.42 Å². The summed E-state index contributed by atoms with van der Waals surface area (Å²) in [6.07, 6.45) is 1.01. The van der Waals surface area contributed by atoms with Gasteiger partial charge in [0.25, 0.3) is 0 Å². The van der Waals surface area contributed by atoms with Gasteiger partial charge >= 0.3 is 12.0 Å². The minimum Gasteiger partial charge on any atom is -0.480 e. The zero-order chi connectivity index (χ0) is 14.3. The van der Waals surface area contributed by atoms with Crippen molar-refractivity contribution in [1.29, 1.82) is 0 Å². The molecule has 0 rings (SSSR count). The Hall–Kier alpha value is -1.64. The van der Waals surface area contributed by atoms with Crippen LogP contribution in [0.2, 0.25) is 0 Å². The molecule has 0 heterocycles. The van der Waals surface area contributed by atoms with Crippen LogP contribution in [0.15, 0.2) is 0 Å². The number of carboxylic acids is 1. The molecule has 18 heavy (non-hydrogen) atoms. The number of rotatable bonds is 7. The highest BCUT2D eigenvalue weighted by Gasteiger charge is 2.22. The lowest BCUT2D eigenvalue weighted by Crippen LogP contribution is -2.49. The van der Waals surface area contributed by atoms with E-state index in [9.17, 15) is 18.6 Å². The lowest BCUT2D eigenvalue weighted by atomic mass is 10.2. The number of amides is 3. The van der Waals surface area contributed by atoms with Crippen LogP contribution in [0, 0.1) is 0 Å². The predicted molar refractivity (Wildman–Crippen MR) is 65.3 cm³/mol. The minimum absolute atomic E-state index is 0.137. The molecule has 0 aliphatic rings. The summed E-state index contributed by atoms with van der Waals surface area (Å²) in [5.74, 6) is -2.18. The first-order chi connectivity index (χ1) is 8.23. The third-order valence-corrected chi connectivity index (χ3v) is 3.43. The quantitative estimate of drug-likeness (QED) is 0.443. The van der Waals surface area contributed by atoms with E-state index in [2.05, 4.69) is 10.6 Å². The molecule has 8 nitrogen and oxygen atoms in total. The van der Waals surface area contributed by atoms with E-state index in [1.54, 1.807) is 6.92 Å². The van der Waals surface area contributed by atoms with Gasteiger partial charge in [0.2, 0.25) is 5.91 Å². The molecule has 0 aromatic rings. The van der Waals surface area contributed by atoms with Crippen molar-refractivity contribution in [3.63, 3.8) is 0 Å². The number of urea groups is 1. The fourth-order valence-electron chi connectivity index (χ4n) is 0.964. The molecule has 3 amide bonds. The number of carbonyl (C=O) groups excluding carboxylic acids is 2. The van der Waals surface area contributed by atoms with E-state index in [0.29, 0.717) is 0 Å². The van der Waals surface area contributed by atoms with Gasteiger partial charge in [0.15, 0.2) is 0 Å². The van der Waals surface area contributed by atoms with Crippen molar-refractivity contribution in [3.05, 3.63) is 0 Å². The average Bonchev–Trinajstić information content (AvgIpc) is 2.23. The Balaban J connectivity index is 4.22. The molecular weight excluding hydrogens is 262 g/mol. The topological polar surface area (TPSA) is 139 Å². The van der Waals surface area contributed by atoms with E-state index < -0.39 is 41.2 Å². The Labute approximate surface area is 107 Å². The maximum Gasteiger partial charge on any atom is 0.326 e. The van der Waals surface area contributed by atoms with Crippen molar-refractivity contribution in [2.75, 3.05) is 12.8 Å². The van der Waals surface area contributed by atoms with E-state index in [4.69, 9.17) is 10.8 Å². The third kappa shape index (κ3) is 6.84. The highest BCUT2D eigenvalue weighted by molar-refractivity contribution is 7.84. The van der Waals surface area contributed by atoms with Gasteiger partial charge in [-0.2, -0.15) is 0 Å². The first-order valence-electron chi connectivity index (χ1n) is 5.11. The van der Waals surface area contributed by atoms with E-state index in [-0.39, 0.29) is 11.8 Å². The summed E-state index contributed by atoms with van der Waals surface area (Å²) in [7, 11) is -1.09. The standard InChI is InChI=1S/C9H17N3O5S/c1-5(18(2)17)4-11-9(16)12-6(8(14)15)3-7(10)13/h5-6H,3-4H2,1-2H3,(H2,10,13)(H,14,15)(H2,11,12,16)/t5?,6-,18?/m1/s1. The van der Waals surface area contributed by atoms with Crippen LogP contribution in [0.1, 0.15) is 13.3 Å². The van der Waals surface area contributed by atoms with Crippen molar-refractivity contribution < 1.29 is 23.7 Å². The van der Waals surface area contributed by atoms with Crippen molar-refractivity contribution in [1.82, 2.24) is 10.6 Å². The molecule has 0 aliphatic heterocycles. The molecule has 5 N–H and O–H groups in total. The second-order valence-electron chi connectivity index (χ2n) is 3.72. The minimum atomic E-state index is -1.37. The molecule has 0 saturated carbocycles. The summed E-state index contributed by atoms with van der Waals surface area (Å²) >= 11 is 0. The van der Waals surface area contributed by atoms with Crippen molar-refractivity contribution >= 4 is 28.7 Å². The number of hydrogen-bond donors (Lipinski definition) is 4. The van der Waals surface area contributed by atoms with Gasteiger partial charge in [-0.15, -0.1) is 0 Å². The van der Waals surface area contributed by atoms with Crippen LogP contribution in [0.25, 0.3) is 0 Å². The summed E-state index contributed by atoms with van der Waals surface area (Å²) in [6.45, 7) is 1.81. The predicted octanol–water partition coefficient (Wildman–Crippen LogP) is -1.62. The third-order valence-electron chi connectivity index (χ3n) is 2.13. The summed E-state index contributed by atoms with van der Waals surface area (Å²) in [5, 5.41) is 12.9. The van der Waals surface area contributed by atoms with Gasteiger partial charge in [-0.1, -0.05) is 0 Å². The molecule has 0 fully saturated rings. The lowest BCUT2D eigenvalue weighted by Gasteiger charge is -2.15. The van der Waals surface area contributed by atoms with E-state index in [1.165, 1.54) is 6.26 Å². The number of nitrogens with one attached hydrogen (secondary N) is 2.